The van der Waals surface area contributed by atoms with E-state index in [1.807, 2.05) is 30.3 Å². The van der Waals surface area contributed by atoms with E-state index in [4.69, 9.17) is 19.9 Å². The first-order valence-corrected chi connectivity index (χ1v) is 22.1. The van der Waals surface area contributed by atoms with Crippen LogP contribution in [0.1, 0.15) is 43.0 Å². The first kappa shape index (κ1) is 39.6. The van der Waals surface area contributed by atoms with Crippen molar-refractivity contribution in [3.63, 3.8) is 0 Å². The maximum Gasteiger partial charge on any atom is 0.164 e. The van der Waals surface area contributed by atoms with Crippen LogP contribution >= 0.6 is 0 Å². The number of aromatic nitrogens is 5. The quantitative estimate of drug-likeness (QED) is 0.107. The highest BCUT2D eigenvalue weighted by Crippen LogP contribution is 2.49. The number of allylic oxidation sites excluding steroid dienone is 3. The largest absolute Gasteiger partial charge is 0.337 e. The summed E-state index contributed by atoms with van der Waals surface area (Å²) in [5.74, 6) is 1.79. The molecule has 6 aromatic carbocycles. The van der Waals surface area contributed by atoms with Crippen LogP contribution in [0.4, 0.5) is 0 Å². The first-order valence-electron chi connectivity index (χ1n) is 22.1. The molecule has 3 aromatic heterocycles. The van der Waals surface area contributed by atoms with Gasteiger partial charge in [-0.05, 0) is 82.3 Å². The highest BCUT2D eigenvalue weighted by atomic mass is 15.2. The number of fused-ring (bicyclic) bond motifs is 4. The third-order valence-corrected chi connectivity index (χ3v) is 12.9. The molecular formula is C59H46N6. The van der Waals surface area contributed by atoms with E-state index in [0.717, 1.165) is 67.2 Å². The van der Waals surface area contributed by atoms with Crippen LogP contribution < -0.4 is 0 Å². The number of hydrogen-bond donors (Lipinski definition) is 0. The number of pyridine rings is 1. The Labute approximate surface area is 380 Å². The molecule has 1 aliphatic heterocycles. The smallest absolute Gasteiger partial charge is 0.164 e. The molecule has 0 bridgehead atoms. The fourth-order valence-corrected chi connectivity index (χ4v) is 9.60. The topological polar surface area (TPSA) is 59.2 Å². The van der Waals surface area contributed by atoms with Crippen LogP contribution in [-0.4, -0.2) is 35.3 Å². The zero-order chi connectivity index (χ0) is 44.1. The molecule has 1 unspecified atom stereocenters. The van der Waals surface area contributed by atoms with Crippen molar-refractivity contribution < 1.29 is 0 Å². The maximum atomic E-state index is 5.33. The van der Waals surface area contributed by atoms with Crippen LogP contribution in [0.15, 0.2) is 213 Å². The number of nitrogens with zero attached hydrogens (tertiary/aromatic N) is 6. The average Bonchev–Trinajstić information content (AvgIpc) is 3.87. The van der Waals surface area contributed by atoms with Gasteiger partial charge < -0.3 is 4.90 Å². The van der Waals surface area contributed by atoms with E-state index in [9.17, 15) is 0 Å². The van der Waals surface area contributed by atoms with Gasteiger partial charge >= 0.3 is 0 Å². The summed E-state index contributed by atoms with van der Waals surface area (Å²) in [6.45, 7) is 11.0. The lowest BCUT2D eigenvalue weighted by atomic mass is 9.82. The molecule has 0 N–H and O–H groups in total. The molecule has 4 heterocycles. The lowest BCUT2D eigenvalue weighted by Gasteiger charge is -2.32. The minimum Gasteiger partial charge on any atom is -0.337 e. The normalized spacial score (nSPS) is 15.1. The fraction of sp³-hybridized carbons (Fsp3) is 0.0847. The van der Waals surface area contributed by atoms with Crippen molar-refractivity contribution in [2.24, 2.45) is 0 Å². The minimum absolute atomic E-state index is 0.0227. The van der Waals surface area contributed by atoms with Crippen LogP contribution in [-0.2, 0) is 5.41 Å². The molecule has 11 rings (SSSR count). The van der Waals surface area contributed by atoms with Crippen LogP contribution in [0, 0.1) is 0 Å². The summed E-state index contributed by atoms with van der Waals surface area (Å²) in [5.41, 5.74) is 16.9. The Morgan fingerprint density at radius 2 is 1.17 bits per heavy atom. The van der Waals surface area contributed by atoms with Crippen molar-refractivity contribution in [2.45, 2.75) is 32.2 Å². The molecule has 0 fully saturated rings. The summed E-state index contributed by atoms with van der Waals surface area (Å²) in [5, 5.41) is 0. The monoisotopic (exact) mass is 838 g/mol. The van der Waals surface area contributed by atoms with Crippen molar-refractivity contribution >= 4 is 16.9 Å². The van der Waals surface area contributed by atoms with Gasteiger partial charge in [-0.1, -0.05) is 172 Å². The van der Waals surface area contributed by atoms with E-state index in [1.165, 1.54) is 22.3 Å². The van der Waals surface area contributed by atoms with E-state index >= 15 is 0 Å². The SMILES string of the molecule is C=CC1C=CC=CN1/C(=C(\C)c1ccccc1)c1cccc(-c2nc(-c3cccc(-c4c(-c5ccccc5)nc5ccccn45)c3)nc(-c3ccc4c(c3)C(C)(C)c3ccccc3-4)n2)c1. The Balaban J connectivity index is 1.10. The third-order valence-electron chi connectivity index (χ3n) is 12.9. The van der Waals surface area contributed by atoms with Gasteiger partial charge in [-0.3, -0.25) is 4.40 Å². The van der Waals surface area contributed by atoms with Crippen molar-refractivity contribution in [1.82, 2.24) is 29.2 Å². The van der Waals surface area contributed by atoms with Crippen LogP contribution in [0.5, 0.6) is 0 Å². The summed E-state index contributed by atoms with van der Waals surface area (Å²) >= 11 is 0. The molecule has 0 radical (unpaired) electrons. The summed E-state index contributed by atoms with van der Waals surface area (Å²) in [6.07, 6.45) is 12.5. The maximum absolute atomic E-state index is 5.33. The molecule has 6 nitrogen and oxygen atoms in total. The lowest BCUT2D eigenvalue weighted by Crippen LogP contribution is -2.28. The van der Waals surface area contributed by atoms with Gasteiger partial charge in [0.1, 0.15) is 5.65 Å². The van der Waals surface area contributed by atoms with Gasteiger partial charge in [0.2, 0.25) is 0 Å². The second-order valence-corrected chi connectivity index (χ2v) is 17.2. The average molecular weight is 839 g/mol. The second-order valence-electron chi connectivity index (χ2n) is 17.2. The Kier molecular flexibility index (Phi) is 9.85. The van der Waals surface area contributed by atoms with Crippen LogP contribution in [0.25, 0.3) is 84.7 Å². The lowest BCUT2D eigenvalue weighted by molar-refractivity contribution is 0.506. The first-order chi connectivity index (χ1) is 31.9. The Bertz CT molecular complexity index is 3390. The predicted octanol–water partition coefficient (Wildman–Crippen LogP) is 14.0. The molecule has 65 heavy (non-hydrogen) atoms. The van der Waals surface area contributed by atoms with Crippen molar-refractivity contribution in [3.8, 4) is 67.8 Å². The van der Waals surface area contributed by atoms with Gasteiger partial charge in [-0.25, -0.2) is 19.9 Å². The van der Waals surface area contributed by atoms with E-state index in [2.05, 4.69) is 213 Å². The number of hydrogen-bond acceptors (Lipinski definition) is 5. The molecule has 312 valence electrons. The van der Waals surface area contributed by atoms with Gasteiger partial charge in [0.05, 0.1) is 23.1 Å². The fourth-order valence-electron chi connectivity index (χ4n) is 9.60. The number of benzene rings is 6. The standard InChI is InChI=1S/C59H46N6/c1-5-47-28-14-16-34-64(47)54(39(2)40-20-8-6-9-21-40)42-24-18-26-44(36-42)56-61-57(63-58(62-56)46-32-33-49-48-29-12-13-30-50(48)59(3,4)51(49)38-46)45-27-19-25-43(37-45)55-53(41-22-10-7-11-23-41)60-52-31-15-17-35-65(52)55/h5-38,47H,1H2,2-4H3/b54-39+. The zero-order valence-electron chi connectivity index (χ0n) is 36.6. The molecule has 0 saturated carbocycles. The Hall–Kier alpha value is -8.22. The molecule has 0 spiro atoms. The Morgan fingerprint density at radius 3 is 1.94 bits per heavy atom. The minimum atomic E-state index is -0.186. The molecule has 0 amide bonds. The number of imidazole rings is 1. The van der Waals surface area contributed by atoms with Crippen LogP contribution in [0.2, 0.25) is 0 Å². The van der Waals surface area contributed by atoms with Crippen molar-refractivity contribution in [1.29, 1.82) is 0 Å². The van der Waals surface area contributed by atoms with Gasteiger partial charge in [0.25, 0.3) is 0 Å². The summed E-state index contributed by atoms with van der Waals surface area (Å²) < 4.78 is 2.16. The van der Waals surface area contributed by atoms with Crippen molar-refractivity contribution in [3.05, 3.63) is 235 Å². The molecule has 0 saturated heterocycles. The number of rotatable bonds is 9. The van der Waals surface area contributed by atoms with Crippen molar-refractivity contribution in [2.75, 3.05) is 0 Å². The highest BCUT2D eigenvalue weighted by Gasteiger charge is 2.35. The summed E-state index contributed by atoms with van der Waals surface area (Å²) in [6, 6.07) is 59.5. The van der Waals surface area contributed by atoms with E-state index in [0.29, 0.717) is 17.5 Å². The molecule has 1 aliphatic carbocycles. The molecular weight excluding hydrogens is 793 g/mol. The molecule has 6 heteroatoms. The molecule has 9 aromatic rings. The van der Waals surface area contributed by atoms with E-state index in [-0.39, 0.29) is 11.5 Å². The van der Waals surface area contributed by atoms with Gasteiger partial charge in [-0.15, -0.1) is 6.58 Å². The van der Waals surface area contributed by atoms with Gasteiger partial charge in [-0.2, -0.15) is 0 Å². The highest BCUT2D eigenvalue weighted by molar-refractivity contribution is 5.91. The van der Waals surface area contributed by atoms with E-state index < -0.39 is 0 Å². The Morgan fingerprint density at radius 1 is 0.554 bits per heavy atom. The van der Waals surface area contributed by atoms with Crippen LogP contribution in [0.3, 0.4) is 0 Å². The zero-order valence-corrected chi connectivity index (χ0v) is 36.6. The predicted molar refractivity (Wildman–Crippen MR) is 266 cm³/mol. The molecule has 1 atom stereocenters. The molecule has 2 aliphatic rings. The van der Waals surface area contributed by atoms with Gasteiger partial charge in [0.15, 0.2) is 17.5 Å². The van der Waals surface area contributed by atoms with Gasteiger partial charge in [0, 0.05) is 45.6 Å². The third kappa shape index (κ3) is 7.00. The van der Waals surface area contributed by atoms with E-state index in [1.54, 1.807) is 0 Å². The summed E-state index contributed by atoms with van der Waals surface area (Å²) in [7, 11) is 0. The summed E-state index contributed by atoms with van der Waals surface area (Å²) in [4.78, 5) is 23.4. The second kappa shape index (κ2) is 16.2.